The topological polar surface area (TPSA) is 41.6 Å². The van der Waals surface area contributed by atoms with Crippen molar-refractivity contribution in [3.05, 3.63) is 33.4 Å². The molecule has 0 unspecified atom stereocenters. The lowest BCUT2D eigenvalue weighted by molar-refractivity contribution is 0.627. The average molecular weight is 331 g/mol. The van der Waals surface area contributed by atoms with Crippen molar-refractivity contribution in [1.29, 1.82) is 0 Å². The number of halogens is 2. The van der Waals surface area contributed by atoms with E-state index >= 15 is 0 Å². The van der Waals surface area contributed by atoms with Crippen LogP contribution in [0.15, 0.2) is 18.2 Å². The molecule has 3 nitrogen and oxygen atoms in total. The van der Waals surface area contributed by atoms with Gasteiger partial charge >= 0.3 is 0 Å². The van der Waals surface area contributed by atoms with Gasteiger partial charge in [-0.15, -0.1) is 0 Å². The zero-order valence-electron chi connectivity index (χ0n) is 8.96. The van der Waals surface area contributed by atoms with Gasteiger partial charge in [0.2, 0.25) is 0 Å². The summed E-state index contributed by atoms with van der Waals surface area (Å²) in [6.07, 6.45) is 0. The Hall–Kier alpha value is -0.980. The fourth-order valence-electron chi connectivity index (χ4n) is 1.32. The highest BCUT2D eigenvalue weighted by molar-refractivity contribution is 14.1. The molecule has 0 fully saturated rings. The summed E-state index contributed by atoms with van der Waals surface area (Å²) in [5.74, 6) is 1.52. The predicted octanol–water partition coefficient (Wildman–Crippen LogP) is 3.34. The van der Waals surface area contributed by atoms with Gasteiger partial charge in [0.15, 0.2) is 5.82 Å². The van der Waals surface area contributed by atoms with Crippen LogP contribution in [0.25, 0.3) is 11.4 Å². The first-order valence-electron chi connectivity index (χ1n) is 4.95. The summed E-state index contributed by atoms with van der Waals surface area (Å²) in [6.45, 7) is 4.08. The maximum absolute atomic E-state index is 12.9. The van der Waals surface area contributed by atoms with E-state index in [9.17, 15) is 4.39 Å². The van der Waals surface area contributed by atoms with Crippen LogP contribution >= 0.6 is 22.6 Å². The highest BCUT2D eigenvalue weighted by Gasteiger charge is 2.11. The minimum absolute atomic E-state index is 0.243. The van der Waals surface area contributed by atoms with Crippen molar-refractivity contribution in [2.75, 3.05) is 0 Å². The van der Waals surface area contributed by atoms with E-state index in [2.05, 4.69) is 37.8 Å². The normalized spacial score (nSPS) is 11.1. The van der Waals surface area contributed by atoms with Crippen molar-refractivity contribution in [2.24, 2.45) is 0 Å². The summed E-state index contributed by atoms with van der Waals surface area (Å²) < 4.78 is 13.8. The minimum Gasteiger partial charge on any atom is -0.262 e. The first-order chi connectivity index (χ1) is 7.58. The number of aromatic nitrogens is 3. The van der Waals surface area contributed by atoms with Crippen LogP contribution in [0.3, 0.4) is 0 Å². The minimum atomic E-state index is -0.243. The lowest BCUT2D eigenvalue weighted by Crippen LogP contribution is -1.90. The van der Waals surface area contributed by atoms with Crippen LogP contribution in [0.1, 0.15) is 25.6 Å². The molecule has 0 amide bonds. The molecule has 5 heteroatoms. The molecule has 0 aliphatic rings. The number of nitrogens with zero attached hydrogens (tertiary/aromatic N) is 2. The van der Waals surface area contributed by atoms with Gasteiger partial charge in [-0.3, -0.25) is 5.10 Å². The molecule has 84 valence electrons. The largest absolute Gasteiger partial charge is 0.262 e. The zero-order chi connectivity index (χ0) is 11.7. The van der Waals surface area contributed by atoms with Gasteiger partial charge in [0.25, 0.3) is 0 Å². The Kier molecular flexibility index (Phi) is 3.22. The van der Waals surface area contributed by atoms with E-state index < -0.39 is 0 Å². The SMILES string of the molecule is CC(C)c1nc(-c2ccc(F)cc2I)n[nH]1. The van der Waals surface area contributed by atoms with E-state index in [-0.39, 0.29) is 5.82 Å². The molecule has 1 N–H and O–H groups in total. The fraction of sp³-hybridized carbons (Fsp3) is 0.273. The van der Waals surface area contributed by atoms with Crippen LogP contribution in [0.4, 0.5) is 4.39 Å². The number of aromatic amines is 1. The second-order valence-electron chi connectivity index (χ2n) is 3.82. The first-order valence-corrected chi connectivity index (χ1v) is 6.03. The Labute approximate surface area is 107 Å². The number of hydrogen-bond donors (Lipinski definition) is 1. The predicted molar refractivity (Wildman–Crippen MR) is 68.6 cm³/mol. The lowest BCUT2D eigenvalue weighted by Gasteiger charge is -1.99. The Morgan fingerprint density at radius 3 is 2.69 bits per heavy atom. The van der Waals surface area contributed by atoms with Crippen molar-refractivity contribution in [3.8, 4) is 11.4 Å². The number of nitrogens with one attached hydrogen (secondary N) is 1. The number of rotatable bonds is 2. The van der Waals surface area contributed by atoms with Crippen LogP contribution in [0, 0.1) is 9.39 Å². The quantitative estimate of drug-likeness (QED) is 0.858. The van der Waals surface area contributed by atoms with Crippen molar-refractivity contribution >= 4 is 22.6 Å². The van der Waals surface area contributed by atoms with Gasteiger partial charge < -0.3 is 0 Å². The van der Waals surface area contributed by atoms with Crippen molar-refractivity contribution in [1.82, 2.24) is 15.2 Å². The summed E-state index contributed by atoms with van der Waals surface area (Å²) in [7, 11) is 0. The van der Waals surface area contributed by atoms with E-state index in [1.165, 1.54) is 12.1 Å². The molecule has 0 aliphatic carbocycles. The van der Waals surface area contributed by atoms with Crippen LogP contribution < -0.4 is 0 Å². The maximum Gasteiger partial charge on any atom is 0.182 e. The highest BCUT2D eigenvalue weighted by Crippen LogP contribution is 2.23. The van der Waals surface area contributed by atoms with Crippen molar-refractivity contribution < 1.29 is 4.39 Å². The van der Waals surface area contributed by atoms with E-state index in [1.54, 1.807) is 6.07 Å². The number of benzene rings is 1. The third-order valence-electron chi connectivity index (χ3n) is 2.22. The van der Waals surface area contributed by atoms with E-state index in [0.717, 1.165) is 15.0 Å². The summed E-state index contributed by atoms with van der Waals surface area (Å²) in [6, 6.07) is 4.59. The summed E-state index contributed by atoms with van der Waals surface area (Å²) >= 11 is 2.08. The van der Waals surface area contributed by atoms with Gasteiger partial charge in [0.05, 0.1) is 0 Å². The van der Waals surface area contributed by atoms with Gasteiger partial charge in [-0.1, -0.05) is 13.8 Å². The second-order valence-corrected chi connectivity index (χ2v) is 4.99. The maximum atomic E-state index is 12.9. The Morgan fingerprint density at radius 1 is 1.38 bits per heavy atom. The van der Waals surface area contributed by atoms with Crippen molar-refractivity contribution in [3.63, 3.8) is 0 Å². The monoisotopic (exact) mass is 331 g/mol. The Bertz CT molecular complexity index is 508. The van der Waals surface area contributed by atoms with Gasteiger partial charge in [0, 0.05) is 15.1 Å². The molecule has 0 saturated carbocycles. The standard InChI is InChI=1S/C11H11FIN3/c1-6(2)10-14-11(16-15-10)8-4-3-7(12)5-9(8)13/h3-6H,1-2H3,(H,14,15,16). The molecular weight excluding hydrogens is 320 g/mol. The molecule has 0 saturated heterocycles. The molecule has 1 aromatic heterocycles. The van der Waals surface area contributed by atoms with Gasteiger partial charge in [-0.2, -0.15) is 5.10 Å². The molecule has 1 aromatic carbocycles. The Balaban J connectivity index is 2.42. The fourth-order valence-corrected chi connectivity index (χ4v) is 2.04. The van der Waals surface area contributed by atoms with E-state index in [1.807, 2.05) is 13.8 Å². The van der Waals surface area contributed by atoms with Gasteiger partial charge in [-0.25, -0.2) is 9.37 Å². The molecule has 0 atom stereocenters. The first kappa shape index (κ1) is 11.5. The third-order valence-corrected chi connectivity index (χ3v) is 3.11. The molecule has 0 spiro atoms. The number of H-pyrrole nitrogens is 1. The average Bonchev–Trinajstić information content (AvgIpc) is 2.66. The molecule has 16 heavy (non-hydrogen) atoms. The number of hydrogen-bond acceptors (Lipinski definition) is 2. The van der Waals surface area contributed by atoms with Crippen molar-refractivity contribution in [2.45, 2.75) is 19.8 Å². The molecule has 2 rings (SSSR count). The summed E-state index contributed by atoms with van der Waals surface area (Å²) in [4.78, 5) is 4.38. The molecule has 0 bridgehead atoms. The van der Waals surface area contributed by atoms with E-state index in [0.29, 0.717) is 11.7 Å². The molecular formula is C11H11FIN3. The van der Waals surface area contributed by atoms with Crippen LogP contribution in [0.2, 0.25) is 0 Å². The van der Waals surface area contributed by atoms with Crippen LogP contribution in [0.5, 0.6) is 0 Å². The second kappa shape index (κ2) is 4.48. The summed E-state index contributed by atoms with van der Waals surface area (Å²) in [5, 5.41) is 7.02. The van der Waals surface area contributed by atoms with Gasteiger partial charge in [0.1, 0.15) is 11.6 Å². The highest BCUT2D eigenvalue weighted by atomic mass is 127. The molecule has 0 aliphatic heterocycles. The van der Waals surface area contributed by atoms with Gasteiger partial charge in [-0.05, 0) is 40.8 Å². The third kappa shape index (κ3) is 2.23. The smallest absolute Gasteiger partial charge is 0.182 e. The summed E-state index contributed by atoms with van der Waals surface area (Å²) in [5.41, 5.74) is 0.852. The molecule has 2 aromatic rings. The molecule has 1 heterocycles. The van der Waals surface area contributed by atoms with Crippen LogP contribution in [-0.2, 0) is 0 Å². The van der Waals surface area contributed by atoms with Crippen LogP contribution in [-0.4, -0.2) is 15.2 Å². The molecule has 0 radical (unpaired) electrons. The lowest BCUT2D eigenvalue weighted by atomic mass is 10.2. The Morgan fingerprint density at radius 2 is 2.12 bits per heavy atom. The zero-order valence-corrected chi connectivity index (χ0v) is 11.1. The van der Waals surface area contributed by atoms with E-state index in [4.69, 9.17) is 0 Å².